The zero-order valence-corrected chi connectivity index (χ0v) is 17.0. The Morgan fingerprint density at radius 1 is 1.10 bits per heavy atom. The molecule has 148 valence electrons. The molecule has 1 aliphatic rings. The van der Waals surface area contributed by atoms with Gasteiger partial charge in [-0.1, -0.05) is 50.5 Å². The molecule has 1 heterocycles. The standard InChI is InChI=1S/C22H21N3O3S/c1-2-3-4-7-10-28-17-11-16-18(12-15(17)25-23)29-22(24-16)19-20(26)13-8-5-6-9-14(13)21(19)27/h5-6,8-9,11-12,19,23H,2-4,7,10H2,1H3/p+1. The number of nitrogens with two attached hydrogens (primary N) is 1. The van der Waals surface area contributed by atoms with E-state index in [1.54, 1.807) is 36.4 Å². The highest BCUT2D eigenvalue weighted by Gasteiger charge is 2.41. The number of aromatic nitrogens is 1. The number of hydrogen-bond acceptors (Lipinski definition) is 6. The number of nitrogens with zero attached hydrogens (tertiary/aromatic N) is 2. The summed E-state index contributed by atoms with van der Waals surface area (Å²) in [6.45, 7) is 2.75. The highest BCUT2D eigenvalue weighted by Crippen LogP contribution is 2.40. The summed E-state index contributed by atoms with van der Waals surface area (Å²) < 4.78 is 6.69. The minimum atomic E-state index is -0.874. The molecular weight excluding hydrogens is 386 g/mol. The zero-order chi connectivity index (χ0) is 20.4. The Hall–Kier alpha value is -2.93. The number of carbonyl (C=O) groups is 2. The van der Waals surface area contributed by atoms with E-state index in [2.05, 4.69) is 17.0 Å². The monoisotopic (exact) mass is 408 g/mol. The van der Waals surface area contributed by atoms with Crippen molar-refractivity contribution in [3.05, 3.63) is 52.5 Å². The molecule has 0 unspecified atom stereocenters. The van der Waals surface area contributed by atoms with Gasteiger partial charge in [0.1, 0.15) is 10.9 Å². The first-order chi connectivity index (χ1) is 14.1. The van der Waals surface area contributed by atoms with Crippen molar-refractivity contribution >= 4 is 38.8 Å². The van der Waals surface area contributed by atoms with E-state index < -0.39 is 5.92 Å². The molecule has 0 radical (unpaired) electrons. The summed E-state index contributed by atoms with van der Waals surface area (Å²) in [4.78, 5) is 30.2. The van der Waals surface area contributed by atoms with E-state index in [4.69, 9.17) is 10.3 Å². The number of fused-ring (bicyclic) bond motifs is 2. The molecule has 2 aromatic carbocycles. The smallest absolute Gasteiger partial charge is 0.181 e. The Kier molecular flexibility index (Phi) is 5.49. The Labute approximate surface area is 172 Å². The normalized spacial score (nSPS) is 13.8. The Bertz CT molecular complexity index is 1070. The van der Waals surface area contributed by atoms with Crippen molar-refractivity contribution in [2.75, 3.05) is 6.61 Å². The van der Waals surface area contributed by atoms with Crippen molar-refractivity contribution in [3.8, 4) is 5.75 Å². The van der Waals surface area contributed by atoms with Crippen molar-refractivity contribution < 1.29 is 19.9 Å². The molecule has 0 atom stereocenters. The van der Waals surface area contributed by atoms with E-state index in [-0.39, 0.29) is 11.6 Å². The molecule has 1 aromatic heterocycles. The first-order valence-electron chi connectivity index (χ1n) is 9.79. The minimum absolute atomic E-state index is 0.194. The van der Waals surface area contributed by atoms with Gasteiger partial charge in [-0.15, -0.1) is 11.3 Å². The second-order valence-corrected chi connectivity index (χ2v) is 8.15. The molecule has 0 saturated carbocycles. The molecule has 4 rings (SSSR count). The van der Waals surface area contributed by atoms with Crippen LogP contribution in [0.2, 0.25) is 0 Å². The first kappa shape index (κ1) is 19.4. The number of ketones is 2. The van der Waals surface area contributed by atoms with E-state index in [1.165, 1.54) is 24.2 Å². The lowest BCUT2D eigenvalue weighted by Crippen LogP contribution is -2.22. The molecule has 29 heavy (non-hydrogen) atoms. The highest BCUT2D eigenvalue weighted by atomic mass is 32.1. The van der Waals surface area contributed by atoms with E-state index in [0.717, 1.165) is 17.5 Å². The van der Waals surface area contributed by atoms with Crippen LogP contribution in [-0.2, 0) is 0 Å². The summed E-state index contributed by atoms with van der Waals surface area (Å²) in [5, 5.41) is 4.32. The molecule has 0 aliphatic heterocycles. The zero-order valence-electron chi connectivity index (χ0n) is 16.2. The summed E-state index contributed by atoms with van der Waals surface area (Å²) in [6.07, 6.45) is 4.42. The van der Waals surface area contributed by atoms with Crippen molar-refractivity contribution in [3.63, 3.8) is 0 Å². The van der Waals surface area contributed by atoms with Gasteiger partial charge in [0.15, 0.2) is 23.0 Å². The molecule has 0 saturated heterocycles. The van der Waals surface area contributed by atoms with Gasteiger partial charge in [-0.05, 0) is 17.6 Å². The predicted molar refractivity (Wildman–Crippen MR) is 111 cm³/mol. The fourth-order valence-corrected chi connectivity index (χ4v) is 4.66. The van der Waals surface area contributed by atoms with Gasteiger partial charge >= 0.3 is 0 Å². The van der Waals surface area contributed by atoms with Crippen LogP contribution in [0.4, 0.5) is 5.69 Å². The van der Waals surface area contributed by atoms with Gasteiger partial charge in [0, 0.05) is 17.2 Å². The molecule has 0 spiro atoms. The Balaban J connectivity index is 1.62. The van der Waals surface area contributed by atoms with E-state index in [9.17, 15) is 9.59 Å². The van der Waals surface area contributed by atoms with Crippen LogP contribution in [0.5, 0.6) is 5.75 Å². The number of unbranched alkanes of at least 4 members (excludes halogenated alkanes) is 3. The molecule has 3 aromatic rings. The van der Waals surface area contributed by atoms with Gasteiger partial charge in [0.05, 0.1) is 16.8 Å². The van der Waals surface area contributed by atoms with Crippen LogP contribution in [0.1, 0.15) is 64.2 Å². The molecule has 2 N–H and O–H groups in total. The Morgan fingerprint density at radius 2 is 1.83 bits per heavy atom. The van der Waals surface area contributed by atoms with Gasteiger partial charge in [-0.3, -0.25) is 9.59 Å². The van der Waals surface area contributed by atoms with Crippen LogP contribution in [0, 0.1) is 0 Å². The summed E-state index contributed by atoms with van der Waals surface area (Å²) in [6, 6.07) is 10.5. The molecule has 6 nitrogen and oxygen atoms in total. The number of Topliss-reactive ketones (excluding diaryl/α,β-unsaturated/α-hetero) is 2. The first-order valence-corrected chi connectivity index (χ1v) is 10.6. The molecule has 1 aliphatic carbocycles. The number of thiazole rings is 1. The fourth-order valence-electron chi connectivity index (χ4n) is 3.58. The van der Waals surface area contributed by atoms with E-state index in [1.807, 2.05) is 0 Å². The lowest BCUT2D eigenvalue weighted by molar-refractivity contribution is -0.210. The number of ether oxygens (including phenoxy) is 1. The maximum absolute atomic E-state index is 12.8. The van der Waals surface area contributed by atoms with Crippen LogP contribution < -0.4 is 10.3 Å². The van der Waals surface area contributed by atoms with Crippen molar-refractivity contribution in [1.29, 1.82) is 0 Å². The van der Waals surface area contributed by atoms with Crippen LogP contribution in [0.25, 0.3) is 10.2 Å². The van der Waals surface area contributed by atoms with Gasteiger partial charge in [-0.25, -0.2) is 4.98 Å². The molecule has 7 heteroatoms. The average molecular weight is 409 g/mol. The quantitative estimate of drug-likeness (QED) is 0.342. The molecule has 0 fully saturated rings. The van der Waals surface area contributed by atoms with Crippen LogP contribution in [0.15, 0.2) is 41.5 Å². The van der Waals surface area contributed by atoms with Gasteiger partial charge in [0.2, 0.25) is 0 Å². The van der Waals surface area contributed by atoms with Gasteiger partial charge < -0.3 is 4.74 Å². The lowest BCUT2D eigenvalue weighted by atomic mass is 10.1. The summed E-state index contributed by atoms with van der Waals surface area (Å²) >= 11 is 1.32. The van der Waals surface area contributed by atoms with Gasteiger partial charge in [0.25, 0.3) is 0 Å². The fraction of sp³-hybridized carbons (Fsp3) is 0.318. The number of rotatable bonds is 8. The van der Waals surface area contributed by atoms with E-state index in [0.29, 0.717) is 39.7 Å². The van der Waals surface area contributed by atoms with Crippen molar-refractivity contribution in [2.45, 2.75) is 38.5 Å². The molecule has 0 bridgehead atoms. The number of carbonyl (C=O) groups excluding carboxylic acids is 2. The SMILES string of the molecule is CCCCCCOc1cc2nc(C3C(=O)c4ccccc4C3=O)sc2cc1N=[NH2+]. The molecule has 0 amide bonds. The van der Waals surface area contributed by atoms with Gasteiger partial charge in [-0.2, -0.15) is 5.53 Å². The topological polar surface area (TPSA) is 94.2 Å². The maximum Gasteiger partial charge on any atom is 0.181 e. The Morgan fingerprint density at radius 3 is 2.48 bits per heavy atom. The predicted octanol–water partition coefficient (Wildman–Crippen LogP) is 4.26. The number of benzene rings is 2. The third-order valence-electron chi connectivity index (χ3n) is 5.11. The van der Waals surface area contributed by atoms with Crippen LogP contribution in [-0.4, -0.2) is 23.2 Å². The number of hydrogen-bond donors (Lipinski definition) is 1. The second kappa shape index (κ2) is 8.21. The minimum Gasteiger partial charge on any atom is -0.491 e. The third kappa shape index (κ3) is 3.58. The van der Waals surface area contributed by atoms with Crippen LogP contribution in [0.3, 0.4) is 0 Å². The summed E-state index contributed by atoms with van der Waals surface area (Å²) in [7, 11) is 0. The second-order valence-electron chi connectivity index (χ2n) is 7.09. The largest absolute Gasteiger partial charge is 0.491 e. The summed E-state index contributed by atoms with van der Waals surface area (Å²) in [5.41, 5.74) is 7.70. The molecular formula is C22H22N3O3S+. The maximum atomic E-state index is 12.8. The van der Waals surface area contributed by atoms with Crippen molar-refractivity contribution in [1.82, 2.24) is 4.98 Å². The van der Waals surface area contributed by atoms with Crippen LogP contribution >= 0.6 is 11.3 Å². The van der Waals surface area contributed by atoms with Crippen molar-refractivity contribution in [2.24, 2.45) is 5.11 Å². The summed E-state index contributed by atoms with van der Waals surface area (Å²) in [5.74, 6) is -0.691. The highest BCUT2D eigenvalue weighted by molar-refractivity contribution is 7.19. The lowest BCUT2D eigenvalue weighted by Gasteiger charge is -2.07. The average Bonchev–Trinajstić information content (AvgIpc) is 3.25. The third-order valence-corrected chi connectivity index (χ3v) is 6.19. The van der Waals surface area contributed by atoms with E-state index >= 15 is 0 Å².